The van der Waals surface area contributed by atoms with Crippen molar-refractivity contribution in [1.82, 2.24) is 0 Å². The highest BCUT2D eigenvalue weighted by Gasteiger charge is 2.25. The fourth-order valence-corrected chi connectivity index (χ4v) is 5.33. The Bertz CT molecular complexity index is 575. The molecule has 0 atom stereocenters. The number of carbonyl (C=O) groups excluding carboxylic acids is 1. The maximum absolute atomic E-state index is 12.5. The fourth-order valence-electron chi connectivity index (χ4n) is 5.33. The van der Waals surface area contributed by atoms with Gasteiger partial charge in [0.1, 0.15) is 6.10 Å². The monoisotopic (exact) mass is 384 g/mol. The van der Waals surface area contributed by atoms with E-state index in [0.29, 0.717) is 5.92 Å². The molecule has 1 aromatic rings. The smallest absolute Gasteiger partial charge is 0.338 e. The summed E-state index contributed by atoms with van der Waals surface area (Å²) >= 11 is 0. The summed E-state index contributed by atoms with van der Waals surface area (Å²) in [4.78, 5) is 12.5. The summed E-state index contributed by atoms with van der Waals surface area (Å²) in [7, 11) is 0. The minimum Gasteiger partial charge on any atom is -0.459 e. The molecule has 2 heteroatoms. The molecule has 0 N–H and O–H groups in total. The quantitative estimate of drug-likeness (QED) is 0.430. The van der Waals surface area contributed by atoms with Crippen molar-refractivity contribution in [1.29, 1.82) is 0 Å². The third-order valence-electron chi connectivity index (χ3n) is 7.19. The van der Waals surface area contributed by atoms with E-state index < -0.39 is 0 Å². The van der Waals surface area contributed by atoms with E-state index in [2.05, 4.69) is 26.0 Å². The van der Waals surface area contributed by atoms with Crippen LogP contribution in [0.25, 0.3) is 0 Å². The van der Waals surface area contributed by atoms with Crippen LogP contribution in [-0.2, 0) is 4.74 Å². The highest BCUT2D eigenvalue weighted by molar-refractivity contribution is 5.89. The van der Waals surface area contributed by atoms with Crippen molar-refractivity contribution in [2.45, 2.75) is 109 Å². The Hall–Kier alpha value is -1.31. The van der Waals surface area contributed by atoms with Gasteiger partial charge in [0.05, 0.1) is 5.56 Å². The molecule has 0 heterocycles. The van der Waals surface area contributed by atoms with E-state index in [9.17, 15) is 4.79 Å². The van der Waals surface area contributed by atoms with E-state index in [1.54, 1.807) is 0 Å². The lowest BCUT2D eigenvalue weighted by molar-refractivity contribution is 0.0161. The molecule has 2 aliphatic rings. The number of hydrogen-bond donors (Lipinski definition) is 0. The van der Waals surface area contributed by atoms with E-state index >= 15 is 0 Å². The third kappa shape index (κ3) is 6.09. The predicted octanol–water partition coefficient (Wildman–Crippen LogP) is 7.67. The molecule has 2 saturated carbocycles. The number of benzene rings is 1. The van der Waals surface area contributed by atoms with E-state index in [1.165, 1.54) is 76.2 Å². The van der Waals surface area contributed by atoms with Gasteiger partial charge in [0.15, 0.2) is 0 Å². The minimum absolute atomic E-state index is 0.124. The van der Waals surface area contributed by atoms with Crippen LogP contribution in [-0.4, -0.2) is 12.1 Å². The number of unbranched alkanes of at least 4 members (excludes halogenated alkanes) is 1. The average Bonchev–Trinajstić information content (AvgIpc) is 2.74. The van der Waals surface area contributed by atoms with Crippen molar-refractivity contribution >= 4 is 5.97 Å². The summed E-state index contributed by atoms with van der Waals surface area (Å²) in [6.07, 6.45) is 16.6. The fraction of sp³-hybridized carbons (Fsp3) is 0.731. The summed E-state index contributed by atoms with van der Waals surface area (Å²) in [5.41, 5.74) is 2.12. The van der Waals surface area contributed by atoms with E-state index in [-0.39, 0.29) is 12.1 Å². The normalized spacial score (nSPS) is 28.1. The number of esters is 1. The van der Waals surface area contributed by atoms with Crippen molar-refractivity contribution in [3.05, 3.63) is 35.4 Å². The molecular weight excluding hydrogens is 344 g/mol. The van der Waals surface area contributed by atoms with Gasteiger partial charge >= 0.3 is 5.97 Å². The van der Waals surface area contributed by atoms with Crippen molar-refractivity contribution in [2.75, 3.05) is 0 Å². The Balaban J connectivity index is 1.44. The van der Waals surface area contributed by atoms with Crippen molar-refractivity contribution in [2.24, 2.45) is 11.8 Å². The van der Waals surface area contributed by atoms with Gasteiger partial charge in [-0.25, -0.2) is 4.79 Å². The van der Waals surface area contributed by atoms with Gasteiger partial charge in [0, 0.05) is 0 Å². The maximum atomic E-state index is 12.5. The van der Waals surface area contributed by atoms with Crippen LogP contribution in [0.15, 0.2) is 24.3 Å². The Kier molecular flexibility index (Phi) is 8.43. The zero-order valence-electron chi connectivity index (χ0n) is 18.1. The second-order valence-electron chi connectivity index (χ2n) is 9.32. The number of carbonyl (C=O) groups is 1. The van der Waals surface area contributed by atoms with Crippen LogP contribution in [0.1, 0.15) is 119 Å². The maximum Gasteiger partial charge on any atom is 0.338 e. The van der Waals surface area contributed by atoms with Gasteiger partial charge in [-0.15, -0.1) is 0 Å². The predicted molar refractivity (Wildman–Crippen MR) is 117 cm³/mol. The first-order valence-corrected chi connectivity index (χ1v) is 12.0. The van der Waals surface area contributed by atoms with Gasteiger partial charge in [-0.05, 0) is 86.8 Å². The third-order valence-corrected chi connectivity index (χ3v) is 7.19. The summed E-state index contributed by atoms with van der Waals surface area (Å²) in [6.45, 7) is 4.55. The topological polar surface area (TPSA) is 26.3 Å². The van der Waals surface area contributed by atoms with Gasteiger partial charge in [-0.1, -0.05) is 58.1 Å². The van der Waals surface area contributed by atoms with Gasteiger partial charge in [-0.3, -0.25) is 0 Å². The summed E-state index contributed by atoms with van der Waals surface area (Å²) in [6, 6.07) is 8.32. The summed E-state index contributed by atoms with van der Waals surface area (Å²) in [5, 5.41) is 0. The molecular formula is C26H40O2. The van der Waals surface area contributed by atoms with Crippen molar-refractivity contribution in [3.63, 3.8) is 0 Å². The second-order valence-corrected chi connectivity index (χ2v) is 9.32. The summed E-state index contributed by atoms with van der Waals surface area (Å²) in [5.74, 6) is 2.33. The van der Waals surface area contributed by atoms with Gasteiger partial charge in [-0.2, -0.15) is 0 Å². The van der Waals surface area contributed by atoms with Crippen LogP contribution in [0.5, 0.6) is 0 Å². The Labute approximate surface area is 172 Å². The molecule has 0 aromatic heterocycles. The van der Waals surface area contributed by atoms with Gasteiger partial charge in [0.25, 0.3) is 0 Å². The molecule has 0 saturated heterocycles. The molecule has 28 heavy (non-hydrogen) atoms. The van der Waals surface area contributed by atoms with E-state index in [1.807, 2.05) is 12.1 Å². The first-order valence-electron chi connectivity index (χ1n) is 12.0. The number of rotatable bonds is 8. The molecule has 3 rings (SSSR count). The van der Waals surface area contributed by atoms with Crippen LogP contribution in [0.4, 0.5) is 0 Å². The van der Waals surface area contributed by atoms with Gasteiger partial charge in [0.2, 0.25) is 0 Å². The molecule has 0 radical (unpaired) electrons. The molecule has 0 spiro atoms. The van der Waals surface area contributed by atoms with Crippen LogP contribution in [0, 0.1) is 11.8 Å². The highest BCUT2D eigenvalue weighted by Crippen LogP contribution is 2.37. The molecule has 2 fully saturated rings. The van der Waals surface area contributed by atoms with Crippen LogP contribution < -0.4 is 0 Å². The highest BCUT2D eigenvalue weighted by atomic mass is 16.5. The average molecular weight is 385 g/mol. The van der Waals surface area contributed by atoms with E-state index in [0.717, 1.165) is 30.2 Å². The molecule has 2 aliphatic carbocycles. The SMILES string of the molecule is CCCCC1CCC(OC(=O)c2ccc(C3CCC(CCC)CC3)cc2)CC1. The lowest BCUT2D eigenvalue weighted by Gasteiger charge is -2.29. The molecule has 0 amide bonds. The number of ether oxygens (including phenoxy) is 1. The Morgan fingerprint density at radius 2 is 1.43 bits per heavy atom. The molecule has 0 unspecified atom stereocenters. The number of hydrogen-bond acceptors (Lipinski definition) is 2. The van der Waals surface area contributed by atoms with Crippen LogP contribution in [0.3, 0.4) is 0 Å². The standard InChI is InChI=1S/C26H40O2/c1-3-5-7-21-10-18-25(19-11-21)28-26(27)24-16-14-23(15-17-24)22-12-8-20(6-4-2)9-13-22/h14-17,20-22,25H,3-13,18-19H2,1-2H3. The van der Waals surface area contributed by atoms with Gasteiger partial charge < -0.3 is 4.74 Å². The molecule has 0 bridgehead atoms. The van der Waals surface area contributed by atoms with Crippen LogP contribution in [0.2, 0.25) is 0 Å². The lowest BCUT2D eigenvalue weighted by atomic mass is 9.77. The van der Waals surface area contributed by atoms with Crippen LogP contribution >= 0.6 is 0 Å². The Morgan fingerprint density at radius 1 is 0.821 bits per heavy atom. The summed E-state index contributed by atoms with van der Waals surface area (Å²) < 4.78 is 5.82. The molecule has 2 nitrogen and oxygen atoms in total. The lowest BCUT2D eigenvalue weighted by Crippen LogP contribution is -2.24. The molecule has 0 aliphatic heterocycles. The Morgan fingerprint density at radius 3 is 2.04 bits per heavy atom. The zero-order valence-corrected chi connectivity index (χ0v) is 18.1. The second kappa shape index (κ2) is 11.0. The first kappa shape index (κ1) is 21.4. The van der Waals surface area contributed by atoms with Crippen molar-refractivity contribution < 1.29 is 9.53 Å². The minimum atomic E-state index is -0.129. The van der Waals surface area contributed by atoms with E-state index in [4.69, 9.17) is 4.74 Å². The molecule has 1 aromatic carbocycles. The largest absolute Gasteiger partial charge is 0.459 e. The zero-order chi connectivity index (χ0) is 19.8. The first-order chi connectivity index (χ1) is 13.7. The molecule has 156 valence electrons. The van der Waals surface area contributed by atoms with Crippen molar-refractivity contribution in [3.8, 4) is 0 Å².